The van der Waals surface area contributed by atoms with Gasteiger partial charge in [0.2, 0.25) is 0 Å². The lowest BCUT2D eigenvalue weighted by Crippen LogP contribution is -2.21. The highest BCUT2D eigenvalue weighted by Crippen LogP contribution is 2.33. The summed E-state index contributed by atoms with van der Waals surface area (Å²) in [5.41, 5.74) is -1.60. The maximum Gasteiger partial charge on any atom is 0.417 e. The van der Waals surface area contributed by atoms with E-state index in [0.717, 1.165) is 6.07 Å². The third-order valence-corrected chi connectivity index (χ3v) is 3.43. The van der Waals surface area contributed by atoms with E-state index in [4.69, 9.17) is 12.2 Å². The van der Waals surface area contributed by atoms with E-state index in [0.29, 0.717) is 6.42 Å². The molecule has 0 radical (unpaired) electrons. The van der Waals surface area contributed by atoms with Gasteiger partial charge in [-0.3, -0.25) is 14.3 Å². The second-order valence-corrected chi connectivity index (χ2v) is 5.32. The minimum atomic E-state index is -4.63. The van der Waals surface area contributed by atoms with Gasteiger partial charge in [0.05, 0.1) is 10.9 Å². The summed E-state index contributed by atoms with van der Waals surface area (Å²) in [6, 6.07) is 0.697. The average Bonchev–Trinajstić information content (AvgIpc) is 2.35. The van der Waals surface area contributed by atoms with Gasteiger partial charge >= 0.3 is 6.18 Å². The fourth-order valence-electron chi connectivity index (χ4n) is 2.18. The Bertz CT molecular complexity index is 805. The predicted octanol–water partition coefficient (Wildman–Crippen LogP) is 3.62. The van der Waals surface area contributed by atoms with E-state index < -0.39 is 22.7 Å². The molecule has 21 heavy (non-hydrogen) atoms. The number of halogens is 3. The number of nitrogens with zero attached hydrogens (tertiary/aromatic N) is 2. The molecule has 2 aromatic heterocycles. The first-order valence-electron chi connectivity index (χ1n) is 6.42. The van der Waals surface area contributed by atoms with E-state index >= 15 is 0 Å². The highest BCUT2D eigenvalue weighted by atomic mass is 32.1. The summed E-state index contributed by atoms with van der Waals surface area (Å²) in [6.45, 7) is 5.23. The largest absolute Gasteiger partial charge is 0.417 e. The molecular weight excluding hydrogens is 303 g/mol. The number of H-pyrrole nitrogens is 1. The molecule has 0 fully saturated rings. The molecule has 2 rings (SSSR count). The van der Waals surface area contributed by atoms with Crippen LogP contribution in [-0.2, 0) is 12.6 Å². The van der Waals surface area contributed by atoms with Gasteiger partial charge < -0.3 is 0 Å². The summed E-state index contributed by atoms with van der Waals surface area (Å²) in [5, 5.41) is -0.470. The molecular formula is C13H14F3N3OS. The molecule has 2 heterocycles. The van der Waals surface area contributed by atoms with Crippen molar-refractivity contribution in [1.82, 2.24) is 14.5 Å². The quantitative estimate of drug-likeness (QED) is 0.861. The van der Waals surface area contributed by atoms with Crippen molar-refractivity contribution in [2.24, 2.45) is 0 Å². The van der Waals surface area contributed by atoms with Gasteiger partial charge in [0.1, 0.15) is 5.65 Å². The molecule has 0 unspecified atom stereocenters. The molecule has 8 heteroatoms. The van der Waals surface area contributed by atoms with Crippen molar-refractivity contribution in [3.8, 4) is 0 Å². The van der Waals surface area contributed by atoms with Crippen molar-refractivity contribution in [1.29, 1.82) is 0 Å². The number of fused-ring (bicyclic) bond motifs is 1. The Hall–Kier alpha value is -1.70. The van der Waals surface area contributed by atoms with Crippen LogP contribution in [0.2, 0.25) is 0 Å². The average molecular weight is 317 g/mol. The molecule has 0 aliphatic rings. The minimum absolute atomic E-state index is 0.0228. The zero-order chi connectivity index (χ0) is 15.9. The first-order valence-corrected chi connectivity index (χ1v) is 6.83. The predicted molar refractivity (Wildman–Crippen MR) is 76.0 cm³/mol. The van der Waals surface area contributed by atoms with Gasteiger partial charge in [-0.1, -0.05) is 6.92 Å². The lowest BCUT2D eigenvalue weighted by Gasteiger charge is -2.17. The first-order chi connectivity index (χ1) is 9.66. The van der Waals surface area contributed by atoms with E-state index in [1.807, 2.05) is 0 Å². The topological polar surface area (TPSA) is 50.7 Å². The monoisotopic (exact) mass is 317 g/mol. The Balaban J connectivity index is 3.10. The number of hydrogen-bond acceptors (Lipinski definition) is 3. The van der Waals surface area contributed by atoms with Gasteiger partial charge in [-0.25, -0.2) is 4.98 Å². The van der Waals surface area contributed by atoms with Crippen LogP contribution in [0.15, 0.2) is 10.9 Å². The number of pyridine rings is 1. The second kappa shape index (κ2) is 5.25. The Kier molecular flexibility index (Phi) is 3.92. The highest BCUT2D eigenvalue weighted by molar-refractivity contribution is 7.71. The van der Waals surface area contributed by atoms with Crippen molar-refractivity contribution in [2.45, 2.75) is 39.4 Å². The normalized spacial score (nSPS) is 12.3. The summed E-state index contributed by atoms with van der Waals surface area (Å²) >= 11 is 5.05. The van der Waals surface area contributed by atoms with Crippen LogP contribution in [0.25, 0.3) is 11.0 Å². The van der Waals surface area contributed by atoms with Gasteiger partial charge in [-0.15, -0.1) is 0 Å². The number of hydrogen-bond donors (Lipinski definition) is 1. The van der Waals surface area contributed by atoms with Crippen LogP contribution in [0.3, 0.4) is 0 Å². The maximum atomic E-state index is 13.2. The standard InChI is InChI=1S/C13H14F3N3OS/c1-4-7-5-8(13(14,15)16)9-10(17-7)19(6(2)3)12(21)18-11(9)20/h5-6H,4H2,1-3H3,(H,18,20,21). The lowest BCUT2D eigenvalue weighted by atomic mass is 10.1. The van der Waals surface area contributed by atoms with E-state index in [2.05, 4.69) is 9.97 Å². The highest BCUT2D eigenvalue weighted by Gasteiger charge is 2.35. The van der Waals surface area contributed by atoms with Crippen LogP contribution in [0.4, 0.5) is 13.2 Å². The fraction of sp³-hybridized carbons (Fsp3) is 0.462. The van der Waals surface area contributed by atoms with Crippen LogP contribution in [-0.4, -0.2) is 14.5 Å². The van der Waals surface area contributed by atoms with Gasteiger partial charge in [0, 0.05) is 11.7 Å². The van der Waals surface area contributed by atoms with E-state index in [1.54, 1.807) is 20.8 Å². The lowest BCUT2D eigenvalue weighted by molar-refractivity contribution is -0.136. The number of aromatic amines is 1. The number of rotatable bonds is 2. The second-order valence-electron chi connectivity index (χ2n) is 4.93. The van der Waals surface area contributed by atoms with E-state index in [9.17, 15) is 18.0 Å². The molecule has 1 N–H and O–H groups in total. The molecule has 0 atom stereocenters. The molecule has 0 aromatic carbocycles. The van der Waals surface area contributed by atoms with Crippen molar-refractivity contribution in [2.75, 3.05) is 0 Å². The van der Waals surface area contributed by atoms with Crippen LogP contribution in [0.5, 0.6) is 0 Å². The van der Waals surface area contributed by atoms with Gasteiger partial charge in [0.15, 0.2) is 4.77 Å². The molecule has 0 bridgehead atoms. The molecule has 0 saturated heterocycles. The third kappa shape index (κ3) is 2.72. The Morgan fingerprint density at radius 1 is 1.43 bits per heavy atom. The molecule has 0 amide bonds. The summed E-state index contributed by atoms with van der Waals surface area (Å²) in [6.07, 6.45) is -4.30. The Labute approximate surface area is 123 Å². The molecule has 114 valence electrons. The zero-order valence-electron chi connectivity index (χ0n) is 11.7. The fourth-order valence-corrected chi connectivity index (χ4v) is 2.57. The first kappa shape index (κ1) is 15.7. The molecule has 0 spiro atoms. The number of aryl methyl sites for hydroxylation is 1. The summed E-state index contributed by atoms with van der Waals surface area (Å²) in [4.78, 5) is 18.4. The van der Waals surface area contributed by atoms with Gasteiger partial charge in [-0.2, -0.15) is 13.2 Å². The summed E-state index contributed by atoms with van der Waals surface area (Å²) in [7, 11) is 0. The van der Waals surface area contributed by atoms with E-state index in [1.165, 1.54) is 4.57 Å². The maximum absolute atomic E-state index is 13.2. The summed E-state index contributed by atoms with van der Waals surface area (Å²) in [5.74, 6) is 0. The number of nitrogens with one attached hydrogen (secondary N) is 1. The summed E-state index contributed by atoms with van der Waals surface area (Å²) < 4.78 is 41.2. The smallest absolute Gasteiger partial charge is 0.300 e. The van der Waals surface area contributed by atoms with E-state index in [-0.39, 0.29) is 22.2 Å². The molecule has 2 aromatic rings. The Morgan fingerprint density at radius 2 is 2.05 bits per heavy atom. The molecule has 0 aliphatic heterocycles. The Morgan fingerprint density at radius 3 is 2.52 bits per heavy atom. The molecule has 4 nitrogen and oxygen atoms in total. The molecule has 0 aliphatic carbocycles. The van der Waals surface area contributed by atoms with Gasteiger partial charge in [0.25, 0.3) is 5.56 Å². The zero-order valence-corrected chi connectivity index (χ0v) is 12.5. The van der Waals surface area contributed by atoms with Crippen LogP contribution >= 0.6 is 12.2 Å². The van der Waals surface area contributed by atoms with Crippen molar-refractivity contribution < 1.29 is 13.2 Å². The minimum Gasteiger partial charge on any atom is -0.300 e. The van der Waals surface area contributed by atoms with Crippen molar-refractivity contribution in [3.05, 3.63) is 32.4 Å². The van der Waals surface area contributed by atoms with Crippen LogP contribution < -0.4 is 5.56 Å². The number of aromatic nitrogens is 3. The van der Waals surface area contributed by atoms with Crippen molar-refractivity contribution >= 4 is 23.3 Å². The SMILES string of the molecule is CCc1cc(C(F)(F)F)c2c(=O)[nH]c(=S)n(C(C)C)c2n1. The van der Waals surface area contributed by atoms with Crippen LogP contribution in [0.1, 0.15) is 38.1 Å². The van der Waals surface area contributed by atoms with Crippen LogP contribution in [0, 0.1) is 4.77 Å². The third-order valence-electron chi connectivity index (χ3n) is 3.13. The number of alkyl halides is 3. The molecule has 0 saturated carbocycles. The van der Waals surface area contributed by atoms with Gasteiger partial charge in [-0.05, 0) is 38.6 Å². The van der Waals surface area contributed by atoms with Crippen molar-refractivity contribution in [3.63, 3.8) is 0 Å².